The van der Waals surface area contributed by atoms with E-state index in [1.807, 2.05) is 32.0 Å². The maximum Gasteiger partial charge on any atom is 0.294 e. The van der Waals surface area contributed by atoms with Gasteiger partial charge >= 0.3 is 0 Å². The number of carbonyl (C=O) groups is 4. The number of rotatable bonds is 8. The number of likely N-dealkylation sites (tertiary alicyclic amines) is 1. The number of nitrogens with one attached hydrogen (secondary N) is 1. The van der Waals surface area contributed by atoms with E-state index in [0.29, 0.717) is 30.2 Å². The third-order valence-electron chi connectivity index (χ3n) is 6.13. The second-order valence-electron chi connectivity index (χ2n) is 8.92. The quantitative estimate of drug-likeness (QED) is 0.522. The number of benzene rings is 2. The molecule has 0 saturated carbocycles. The third kappa shape index (κ3) is 6.32. The molecule has 37 heavy (non-hydrogen) atoms. The number of anilines is 1. The number of imide groups is 1. The zero-order valence-electron chi connectivity index (χ0n) is 21.0. The van der Waals surface area contributed by atoms with Gasteiger partial charge in [-0.05, 0) is 73.9 Å². The molecule has 4 rings (SSSR count). The molecule has 0 spiro atoms. The normalized spacial score (nSPS) is 16.5. The summed E-state index contributed by atoms with van der Waals surface area (Å²) in [5, 5.41) is 2.36. The van der Waals surface area contributed by atoms with Crippen LogP contribution in [0.2, 0.25) is 0 Å². The number of carbonyl (C=O) groups excluding carboxylic acids is 4. The van der Waals surface area contributed by atoms with Gasteiger partial charge in [0, 0.05) is 18.8 Å². The van der Waals surface area contributed by atoms with Crippen molar-refractivity contribution in [3.63, 3.8) is 0 Å². The van der Waals surface area contributed by atoms with Crippen LogP contribution in [0.1, 0.15) is 29.5 Å². The number of hydrogen-bond acceptors (Lipinski definition) is 7. The molecule has 9 nitrogen and oxygen atoms in total. The predicted octanol–water partition coefficient (Wildman–Crippen LogP) is 3.99. The fourth-order valence-corrected chi connectivity index (χ4v) is 5.00. The van der Waals surface area contributed by atoms with Gasteiger partial charge in [0.15, 0.2) is 18.1 Å². The van der Waals surface area contributed by atoms with E-state index in [4.69, 9.17) is 9.47 Å². The molecular weight excluding hydrogens is 494 g/mol. The second-order valence-corrected chi connectivity index (χ2v) is 9.91. The van der Waals surface area contributed by atoms with Crippen molar-refractivity contribution in [1.82, 2.24) is 9.80 Å². The topological polar surface area (TPSA) is 105 Å². The van der Waals surface area contributed by atoms with Gasteiger partial charge in [-0.2, -0.15) is 0 Å². The van der Waals surface area contributed by atoms with Crippen LogP contribution in [-0.2, 0) is 14.4 Å². The van der Waals surface area contributed by atoms with Crippen LogP contribution in [0.5, 0.6) is 11.5 Å². The van der Waals surface area contributed by atoms with E-state index >= 15 is 0 Å². The Bertz CT molecular complexity index is 1270. The molecule has 194 valence electrons. The molecule has 0 bridgehead atoms. The lowest BCUT2D eigenvalue weighted by atomic mass is 10.1. The monoisotopic (exact) mass is 523 g/mol. The van der Waals surface area contributed by atoms with E-state index in [1.165, 1.54) is 7.11 Å². The van der Waals surface area contributed by atoms with Crippen LogP contribution < -0.4 is 14.8 Å². The third-order valence-corrected chi connectivity index (χ3v) is 7.03. The molecule has 2 heterocycles. The minimum atomic E-state index is -0.495. The lowest BCUT2D eigenvalue weighted by Gasteiger charge is -2.18. The van der Waals surface area contributed by atoms with Crippen molar-refractivity contribution in [2.75, 3.05) is 38.7 Å². The van der Waals surface area contributed by atoms with Crippen LogP contribution in [0.15, 0.2) is 41.3 Å². The summed E-state index contributed by atoms with van der Waals surface area (Å²) in [6.45, 7) is 4.76. The smallest absolute Gasteiger partial charge is 0.294 e. The Hall–Kier alpha value is -3.79. The first-order chi connectivity index (χ1) is 17.7. The van der Waals surface area contributed by atoms with Gasteiger partial charge in [0.1, 0.15) is 6.54 Å². The molecule has 4 amide bonds. The summed E-state index contributed by atoms with van der Waals surface area (Å²) < 4.78 is 11.1. The Balaban J connectivity index is 1.39. The number of ether oxygens (including phenoxy) is 2. The van der Waals surface area contributed by atoms with Gasteiger partial charge in [-0.15, -0.1) is 0 Å². The molecule has 2 aliphatic heterocycles. The minimum Gasteiger partial charge on any atom is -0.493 e. The van der Waals surface area contributed by atoms with Gasteiger partial charge in [-0.1, -0.05) is 23.8 Å². The number of aryl methyl sites for hydroxylation is 2. The first-order valence-electron chi connectivity index (χ1n) is 12.0. The zero-order valence-corrected chi connectivity index (χ0v) is 21.9. The lowest BCUT2D eigenvalue weighted by molar-refractivity contribution is -0.135. The summed E-state index contributed by atoms with van der Waals surface area (Å²) in [6, 6.07) is 10.7. The Labute approximate surface area is 219 Å². The molecule has 0 radical (unpaired) electrons. The maximum atomic E-state index is 12.8. The molecule has 1 N–H and O–H groups in total. The number of methoxy groups -OCH3 is 1. The lowest BCUT2D eigenvalue weighted by Crippen LogP contribution is -2.40. The molecule has 2 aromatic rings. The highest BCUT2D eigenvalue weighted by atomic mass is 32.2. The highest BCUT2D eigenvalue weighted by molar-refractivity contribution is 8.18. The van der Waals surface area contributed by atoms with Gasteiger partial charge in [0.05, 0.1) is 12.0 Å². The zero-order chi connectivity index (χ0) is 26.5. The average Bonchev–Trinajstić information content (AvgIpc) is 3.50. The fraction of sp³-hybridized carbons (Fsp3) is 0.333. The van der Waals surface area contributed by atoms with Crippen LogP contribution in [-0.4, -0.2) is 66.1 Å². The van der Waals surface area contributed by atoms with Gasteiger partial charge in [0.25, 0.3) is 17.1 Å². The van der Waals surface area contributed by atoms with Crippen molar-refractivity contribution in [3.8, 4) is 11.5 Å². The molecule has 0 aliphatic carbocycles. The first kappa shape index (κ1) is 26.3. The van der Waals surface area contributed by atoms with E-state index in [1.54, 1.807) is 29.2 Å². The highest BCUT2D eigenvalue weighted by Crippen LogP contribution is 2.34. The summed E-state index contributed by atoms with van der Waals surface area (Å²) in [4.78, 5) is 52.9. The van der Waals surface area contributed by atoms with Crippen molar-refractivity contribution in [1.29, 1.82) is 0 Å². The molecule has 2 fully saturated rings. The van der Waals surface area contributed by atoms with E-state index in [2.05, 4.69) is 5.32 Å². The van der Waals surface area contributed by atoms with E-state index < -0.39 is 11.1 Å². The minimum absolute atomic E-state index is 0.215. The molecule has 2 aromatic carbocycles. The predicted molar refractivity (Wildman–Crippen MR) is 142 cm³/mol. The SMILES string of the molecule is COc1cc(/C=C2\SC(=O)N(CC(=O)N3CCCC3)C2=O)ccc1OCC(=O)Nc1ccc(C)cc1C. The van der Waals surface area contributed by atoms with Gasteiger partial charge in [-0.3, -0.25) is 24.1 Å². The molecule has 10 heteroatoms. The molecular formula is C27H29N3O6S. The van der Waals surface area contributed by atoms with Crippen LogP contribution in [0.3, 0.4) is 0 Å². The van der Waals surface area contributed by atoms with E-state index in [0.717, 1.165) is 46.3 Å². The summed E-state index contributed by atoms with van der Waals surface area (Å²) in [6.07, 6.45) is 3.45. The summed E-state index contributed by atoms with van der Waals surface area (Å²) >= 11 is 0.799. The standard InChI is InChI=1S/C27H29N3O6S/c1-17-6-8-20(18(2)12-17)28-24(31)16-36-21-9-7-19(13-22(21)35-3)14-23-26(33)30(27(34)37-23)15-25(32)29-10-4-5-11-29/h6-9,12-14H,4-5,10-11,15-16H2,1-3H3,(H,28,31)/b23-14-. The number of amides is 4. The fourth-order valence-electron chi connectivity index (χ4n) is 4.17. The summed E-state index contributed by atoms with van der Waals surface area (Å²) in [5.41, 5.74) is 3.40. The average molecular weight is 524 g/mol. The molecule has 2 saturated heterocycles. The Morgan fingerprint density at radius 3 is 2.51 bits per heavy atom. The summed E-state index contributed by atoms with van der Waals surface area (Å²) in [5.74, 6) is -0.290. The first-order valence-corrected chi connectivity index (χ1v) is 12.8. The van der Waals surface area contributed by atoms with Gasteiger partial charge in [-0.25, -0.2) is 0 Å². The van der Waals surface area contributed by atoms with Crippen LogP contribution in [0.4, 0.5) is 10.5 Å². The van der Waals surface area contributed by atoms with Crippen LogP contribution in [0, 0.1) is 13.8 Å². The maximum absolute atomic E-state index is 12.8. The Morgan fingerprint density at radius 2 is 1.81 bits per heavy atom. The van der Waals surface area contributed by atoms with Crippen LogP contribution >= 0.6 is 11.8 Å². The van der Waals surface area contributed by atoms with Crippen LogP contribution in [0.25, 0.3) is 6.08 Å². The van der Waals surface area contributed by atoms with Gasteiger partial charge in [0.2, 0.25) is 5.91 Å². The number of hydrogen-bond donors (Lipinski definition) is 1. The van der Waals surface area contributed by atoms with Crippen molar-refractivity contribution >= 4 is 46.5 Å². The molecule has 0 unspecified atom stereocenters. The van der Waals surface area contributed by atoms with Crippen molar-refractivity contribution in [2.45, 2.75) is 26.7 Å². The van der Waals surface area contributed by atoms with E-state index in [9.17, 15) is 19.2 Å². The molecule has 0 atom stereocenters. The summed E-state index contributed by atoms with van der Waals surface area (Å²) in [7, 11) is 1.47. The van der Waals surface area contributed by atoms with Gasteiger partial charge < -0.3 is 19.7 Å². The second kappa shape index (κ2) is 11.5. The van der Waals surface area contributed by atoms with Crippen molar-refractivity contribution < 1.29 is 28.7 Å². The molecule has 0 aromatic heterocycles. The largest absolute Gasteiger partial charge is 0.493 e. The Kier molecular flexibility index (Phi) is 8.17. The van der Waals surface area contributed by atoms with E-state index in [-0.39, 0.29) is 29.9 Å². The number of nitrogens with zero attached hydrogens (tertiary/aromatic N) is 2. The highest BCUT2D eigenvalue weighted by Gasteiger charge is 2.37. The number of thioether (sulfide) groups is 1. The van der Waals surface area contributed by atoms with Crippen molar-refractivity contribution in [3.05, 3.63) is 58.0 Å². The molecule has 2 aliphatic rings. The van der Waals surface area contributed by atoms with Crippen molar-refractivity contribution in [2.24, 2.45) is 0 Å². The Morgan fingerprint density at radius 1 is 1.05 bits per heavy atom.